The zero-order valence-corrected chi connectivity index (χ0v) is 14.2. The Morgan fingerprint density at radius 2 is 1.96 bits per heavy atom. The summed E-state index contributed by atoms with van der Waals surface area (Å²) >= 11 is 0. The zero-order chi connectivity index (χ0) is 17.5. The van der Waals surface area contributed by atoms with Crippen molar-refractivity contribution in [2.75, 3.05) is 11.9 Å². The number of hydrogen-bond donors (Lipinski definition) is 2. The molecule has 3 rings (SSSR count). The first-order chi connectivity index (χ1) is 12.2. The van der Waals surface area contributed by atoms with Gasteiger partial charge in [0.2, 0.25) is 0 Å². The van der Waals surface area contributed by atoms with Gasteiger partial charge < -0.3 is 15.2 Å². The maximum atomic E-state index is 12.0. The summed E-state index contributed by atoms with van der Waals surface area (Å²) in [5.74, 6) is 0.530. The number of carbonyl (C=O) groups excluding carboxylic acids is 1. The van der Waals surface area contributed by atoms with E-state index in [0.29, 0.717) is 19.0 Å². The van der Waals surface area contributed by atoms with E-state index in [9.17, 15) is 9.59 Å². The molecule has 1 aromatic heterocycles. The second kappa shape index (κ2) is 8.33. The van der Waals surface area contributed by atoms with E-state index in [1.807, 2.05) is 30.3 Å². The predicted molar refractivity (Wildman–Crippen MR) is 99.7 cm³/mol. The third-order valence-electron chi connectivity index (χ3n) is 4.39. The van der Waals surface area contributed by atoms with Crippen LogP contribution in [-0.4, -0.2) is 17.1 Å². The van der Waals surface area contributed by atoms with Crippen molar-refractivity contribution in [1.82, 2.24) is 9.88 Å². The van der Waals surface area contributed by atoms with E-state index in [1.165, 1.54) is 0 Å². The van der Waals surface area contributed by atoms with Crippen molar-refractivity contribution in [3.63, 3.8) is 0 Å². The Kier molecular flexibility index (Phi) is 5.67. The van der Waals surface area contributed by atoms with Crippen molar-refractivity contribution < 1.29 is 4.79 Å². The van der Waals surface area contributed by atoms with Crippen molar-refractivity contribution in [3.05, 3.63) is 76.7 Å². The number of benzene rings is 1. The molecular weight excluding hydrogens is 314 g/mol. The van der Waals surface area contributed by atoms with Gasteiger partial charge in [0.05, 0.1) is 6.54 Å². The minimum absolute atomic E-state index is 0.0263. The van der Waals surface area contributed by atoms with Gasteiger partial charge in [-0.2, -0.15) is 0 Å². The normalized spacial score (nSPS) is 16.4. The number of nitrogens with one attached hydrogen (secondary N) is 2. The third kappa shape index (κ3) is 5.08. The van der Waals surface area contributed by atoms with Gasteiger partial charge in [-0.05, 0) is 48.9 Å². The summed E-state index contributed by atoms with van der Waals surface area (Å²) in [6.07, 6.45) is 9.41. The molecule has 5 nitrogen and oxygen atoms in total. The lowest BCUT2D eigenvalue weighted by atomic mass is 9.94. The molecule has 0 spiro atoms. The van der Waals surface area contributed by atoms with Gasteiger partial charge in [-0.25, -0.2) is 4.79 Å². The predicted octanol–water partition coefficient (Wildman–Crippen LogP) is 3.37. The monoisotopic (exact) mass is 337 g/mol. The summed E-state index contributed by atoms with van der Waals surface area (Å²) in [7, 11) is 0. The van der Waals surface area contributed by atoms with Crippen molar-refractivity contribution >= 4 is 11.7 Å². The van der Waals surface area contributed by atoms with Gasteiger partial charge in [0, 0.05) is 24.5 Å². The van der Waals surface area contributed by atoms with Gasteiger partial charge in [0.1, 0.15) is 0 Å². The summed E-state index contributed by atoms with van der Waals surface area (Å²) in [6.45, 7) is 1.21. The Morgan fingerprint density at radius 3 is 2.68 bits per heavy atom. The highest BCUT2D eigenvalue weighted by Crippen LogP contribution is 2.17. The van der Waals surface area contributed by atoms with Crippen molar-refractivity contribution in [1.29, 1.82) is 0 Å². The fourth-order valence-electron chi connectivity index (χ4n) is 2.94. The molecule has 5 heteroatoms. The average molecular weight is 337 g/mol. The topological polar surface area (TPSA) is 63.1 Å². The zero-order valence-electron chi connectivity index (χ0n) is 14.2. The first-order valence-corrected chi connectivity index (χ1v) is 8.65. The van der Waals surface area contributed by atoms with Crippen LogP contribution in [0.5, 0.6) is 0 Å². The highest BCUT2D eigenvalue weighted by molar-refractivity contribution is 5.89. The van der Waals surface area contributed by atoms with Gasteiger partial charge in [0.15, 0.2) is 0 Å². The molecule has 0 bridgehead atoms. The maximum Gasteiger partial charge on any atom is 0.319 e. The van der Waals surface area contributed by atoms with Crippen LogP contribution < -0.4 is 16.2 Å². The van der Waals surface area contributed by atoms with Gasteiger partial charge in [-0.1, -0.05) is 30.4 Å². The summed E-state index contributed by atoms with van der Waals surface area (Å²) in [6, 6.07) is 12.5. The number of rotatable bonds is 5. The lowest BCUT2D eigenvalue weighted by molar-refractivity contribution is 0.249. The number of carbonyl (C=O) groups is 1. The largest absolute Gasteiger partial charge is 0.338 e. The highest BCUT2D eigenvalue weighted by Gasteiger charge is 2.11. The fourth-order valence-corrected chi connectivity index (χ4v) is 2.94. The molecule has 0 radical (unpaired) electrons. The standard InChI is InChI=1S/C20H23N3O2/c24-19-8-4-5-13-23(19)15-17-9-11-18(12-10-17)22-20(25)21-14-16-6-2-1-3-7-16/h1-2,4-5,8-13,16H,3,6-7,14-15H2,(H2,21,22,25). The van der Waals surface area contributed by atoms with Gasteiger partial charge in [-0.15, -0.1) is 0 Å². The Morgan fingerprint density at radius 1 is 1.12 bits per heavy atom. The van der Waals surface area contributed by atoms with Crippen LogP contribution in [0.3, 0.4) is 0 Å². The van der Waals surface area contributed by atoms with Crippen LogP contribution in [0.4, 0.5) is 10.5 Å². The van der Waals surface area contributed by atoms with E-state index < -0.39 is 0 Å². The first-order valence-electron chi connectivity index (χ1n) is 8.65. The van der Waals surface area contributed by atoms with Crippen LogP contribution >= 0.6 is 0 Å². The molecule has 1 aromatic carbocycles. The van der Waals surface area contributed by atoms with Crippen molar-refractivity contribution in [3.8, 4) is 0 Å². The molecule has 2 aromatic rings. The molecule has 1 aliphatic rings. The summed E-state index contributed by atoms with van der Waals surface area (Å²) in [5.41, 5.74) is 1.72. The smallest absolute Gasteiger partial charge is 0.319 e. The van der Waals surface area contributed by atoms with E-state index in [0.717, 1.165) is 30.5 Å². The number of urea groups is 1. The number of amides is 2. The number of pyridine rings is 1. The molecule has 0 saturated heterocycles. The fraction of sp³-hybridized carbons (Fsp3) is 0.300. The quantitative estimate of drug-likeness (QED) is 0.822. The molecule has 2 amide bonds. The van der Waals surface area contributed by atoms with E-state index >= 15 is 0 Å². The van der Waals surface area contributed by atoms with Crippen LogP contribution in [0.15, 0.2) is 65.6 Å². The molecule has 1 aliphatic carbocycles. The number of anilines is 1. The van der Waals surface area contributed by atoms with Crippen LogP contribution in [0, 0.1) is 5.92 Å². The van der Waals surface area contributed by atoms with Crippen LogP contribution in [0.2, 0.25) is 0 Å². The molecule has 0 aliphatic heterocycles. The number of allylic oxidation sites excluding steroid dienone is 2. The van der Waals surface area contributed by atoms with E-state index in [2.05, 4.69) is 22.8 Å². The van der Waals surface area contributed by atoms with Crippen LogP contribution in [0.25, 0.3) is 0 Å². The van der Waals surface area contributed by atoms with Gasteiger partial charge in [0.25, 0.3) is 5.56 Å². The van der Waals surface area contributed by atoms with Crippen molar-refractivity contribution in [2.45, 2.75) is 25.8 Å². The Hall–Kier alpha value is -2.82. The SMILES string of the molecule is O=C(NCC1CC=CCC1)Nc1ccc(Cn2ccccc2=O)cc1. The number of aromatic nitrogens is 1. The van der Waals surface area contributed by atoms with Crippen LogP contribution in [-0.2, 0) is 6.54 Å². The Balaban J connectivity index is 1.50. The molecule has 130 valence electrons. The third-order valence-corrected chi connectivity index (χ3v) is 4.39. The molecule has 1 atom stereocenters. The average Bonchev–Trinajstić information content (AvgIpc) is 2.64. The van der Waals surface area contributed by atoms with E-state index in [4.69, 9.17) is 0 Å². The van der Waals surface area contributed by atoms with Gasteiger partial charge >= 0.3 is 6.03 Å². The number of hydrogen-bond acceptors (Lipinski definition) is 2. The van der Waals surface area contributed by atoms with E-state index in [1.54, 1.807) is 22.9 Å². The Labute approximate surface area is 147 Å². The van der Waals surface area contributed by atoms with Crippen LogP contribution in [0.1, 0.15) is 24.8 Å². The minimum atomic E-state index is -0.179. The minimum Gasteiger partial charge on any atom is -0.338 e. The molecule has 1 heterocycles. The summed E-state index contributed by atoms with van der Waals surface area (Å²) in [4.78, 5) is 23.7. The molecule has 1 unspecified atom stereocenters. The highest BCUT2D eigenvalue weighted by atomic mass is 16.2. The summed E-state index contributed by atoms with van der Waals surface area (Å²) in [5, 5.41) is 5.78. The molecular formula is C20H23N3O2. The second-order valence-electron chi connectivity index (χ2n) is 6.35. The molecule has 0 fully saturated rings. The lowest BCUT2D eigenvalue weighted by Gasteiger charge is -2.18. The first kappa shape index (κ1) is 17.0. The molecule has 0 saturated carbocycles. The lowest BCUT2D eigenvalue weighted by Crippen LogP contribution is -2.33. The number of nitrogens with zero attached hydrogens (tertiary/aromatic N) is 1. The molecule has 25 heavy (non-hydrogen) atoms. The van der Waals surface area contributed by atoms with Crippen molar-refractivity contribution in [2.24, 2.45) is 5.92 Å². The maximum absolute atomic E-state index is 12.0. The summed E-state index contributed by atoms with van der Waals surface area (Å²) < 4.78 is 1.65. The second-order valence-corrected chi connectivity index (χ2v) is 6.35. The molecule has 2 N–H and O–H groups in total. The van der Waals surface area contributed by atoms with Gasteiger partial charge in [-0.3, -0.25) is 4.79 Å². The van der Waals surface area contributed by atoms with E-state index in [-0.39, 0.29) is 11.6 Å². The Bertz CT molecular complexity index is 793.